The summed E-state index contributed by atoms with van der Waals surface area (Å²) in [6.07, 6.45) is 0. The van der Waals surface area contributed by atoms with E-state index in [4.69, 9.17) is 0 Å². The van der Waals surface area contributed by atoms with Crippen molar-refractivity contribution in [3.8, 4) is 0 Å². The first-order valence-electron chi connectivity index (χ1n) is 5.24. The lowest BCUT2D eigenvalue weighted by Crippen LogP contribution is -1.73. The van der Waals surface area contributed by atoms with Crippen molar-refractivity contribution in [2.75, 3.05) is 0 Å². The molecule has 3 heteroatoms. The number of hydrogen-bond acceptors (Lipinski definition) is 2. The van der Waals surface area contributed by atoms with Crippen LogP contribution in [0.2, 0.25) is 0 Å². The zero-order valence-electron chi connectivity index (χ0n) is 8.89. The molecule has 1 aromatic heterocycles. The summed E-state index contributed by atoms with van der Waals surface area (Å²) in [5.74, 6) is 0. The first kappa shape index (κ1) is 11.6. The Kier molecular flexibility index (Phi) is 3.40. The maximum atomic E-state index is 2.44. The summed E-state index contributed by atoms with van der Waals surface area (Å²) in [7, 11) is 0. The van der Waals surface area contributed by atoms with E-state index in [-0.39, 0.29) is 0 Å². The monoisotopic (exact) mass is 368 g/mol. The molecule has 0 spiro atoms. The average Bonchev–Trinajstić information content (AvgIpc) is 2.68. The van der Waals surface area contributed by atoms with E-state index in [1.165, 1.54) is 22.8 Å². The van der Waals surface area contributed by atoms with Crippen molar-refractivity contribution in [3.05, 3.63) is 57.5 Å². The molecule has 0 unspecified atom stereocenters. The van der Waals surface area contributed by atoms with Crippen molar-refractivity contribution in [2.45, 2.75) is 9.79 Å². The van der Waals surface area contributed by atoms with Gasteiger partial charge in [-0.05, 0) is 40.8 Å². The lowest BCUT2D eigenvalue weighted by atomic mass is 10.3. The number of halogens is 1. The van der Waals surface area contributed by atoms with Crippen LogP contribution in [0.4, 0.5) is 0 Å². The minimum Gasteiger partial charge on any atom is -0.128 e. The topological polar surface area (TPSA) is 0 Å². The highest BCUT2D eigenvalue weighted by atomic mass is 127. The summed E-state index contributed by atoms with van der Waals surface area (Å²) in [4.78, 5) is 2.69. The van der Waals surface area contributed by atoms with E-state index in [0.29, 0.717) is 0 Å². The highest BCUT2D eigenvalue weighted by Gasteiger charge is 2.10. The van der Waals surface area contributed by atoms with Crippen LogP contribution in [0, 0.1) is 2.88 Å². The molecule has 3 aromatic rings. The SMILES string of the molecule is Ic1sc2ccccc2c1Sc1ccccc1. The number of benzene rings is 2. The number of thiophene rings is 1. The molecule has 0 fully saturated rings. The van der Waals surface area contributed by atoms with Crippen LogP contribution in [0.5, 0.6) is 0 Å². The molecule has 0 saturated carbocycles. The zero-order valence-corrected chi connectivity index (χ0v) is 12.7. The molecule has 0 saturated heterocycles. The summed E-state index contributed by atoms with van der Waals surface area (Å²) < 4.78 is 2.74. The lowest BCUT2D eigenvalue weighted by molar-refractivity contribution is 1.44. The predicted molar refractivity (Wildman–Crippen MR) is 85.1 cm³/mol. The molecule has 0 aliphatic heterocycles. The molecule has 0 nitrogen and oxygen atoms in total. The molecule has 0 aliphatic carbocycles. The quantitative estimate of drug-likeness (QED) is 0.526. The number of rotatable bonds is 2. The molecule has 1 heterocycles. The van der Waals surface area contributed by atoms with E-state index in [1.807, 2.05) is 23.1 Å². The van der Waals surface area contributed by atoms with E-state index < -0.39 is 0 Å². The summed E-state index contributed by atoms with van der Waals surface area (Å²) >= 11 is 6.16. The molecule has 0 aliphatic rings. The standard InChI is InChI=1S/C14H9IS2/c15-14-13(16-10-6-2-1-3-7-10)11-8-4-5-9-12(11)17-14/h1-9H. The molecule has 3 rings (SSSR count). The fourth-order valence-corrected chi connectivity index (χ4v) is 5.06. The Labute approximate surface area is 122 Å². The Morgan fingerprint density at radius 2 is 1.59 bits per heavy atom. The average molecular weight is 368 g/mol. The molecule has 17 heavy (non-hydrogen) atoms. The van der Waals surface area contributed by atoms with E-state index in [9.17, 15) is 0 Å². The van der Waals surface area contributed by atoms with Gasteiger partial charge in [-0.3, -0.25) is 0 Å². The van der Waals surface area contributed by atoms with Gasteiger partial charge >= 0.3 is 0 Å². The second kappa shape index (κ2) is 5.00. The van der Waals surface area contributed by atoms with Crippen LogP contribution in [-0.4, -0.2) is 0 Å². The lowest BCUT2D eigenvalue weighted by Gasteiger charge is -2.00. The van der Waals surface area contributed by atoms with Gasteiger partial charge in [0.25, 0.3) is 0 Å². The molecule has 0 amide bonds. The van der Waals surface area contributed by atoms with Crippen molar-refractivity contribution >= 4 is 55.8 Å². The normalized spacial score (nSPS) is 10.9. The van der Waals surface area contributed by atoms with Crippen molar-refractivity contribution in [2.24, 2.45) is 0 Å². The molecule has 0 radical (unpaired) electrons. The zero-order chi connectivity index (χ0) is 11.7. The van der Waals surface area contributed by atoms with Gasteiger partial charge in [0.1, 0.15) is 0 Å². The maximum Gasteiger partial charge on any atom is 0.0805 e. The number of hydrogen-bond donors (Lipinski definition) is 0. The number of fused-ring (bicyclic) bond motifs is 1. The fourth-order valence-electron chi connectivity index (χ4n) is 1.69. The van der Waals surface area contributed by atoms with Crippen molar-refractivity contribution in [1.82, 2.24) is 0 Å². The minimum absolute atomic E-state index is 1.30. The Hall–Kier alpha value is -0.520. The summed E-state index contributed by atoms with van der Waals surface area (Å²) in [6, 6.07) is 19.2. The van der Waals surface area contributed by atoms with E-state index in [0.717, 1.165) is 0 Å². The van der Waals surface area contributed by atoms with E-state index in [2.05, 4.69) is 77.2 Å². The first-order valence-corrected chi connectivity index (χ1v) is 7.96. The molecular formula is C14H9IS2. The van der Waals surface area contributed by atoms with Crippen LogP contribution < -0.4 is 0 Å². The Balaban J connectivity index is 2.08. The van der Waals surface area contributed by atoms with Gasteiger partial charge in [0.15, 0.2) is 0 Å². The van der Waals surface area contributed by atoms with Crippen LogP contribution in [0.15, 0.2) is 64.4 Å². The Bertz CT molecular complexity index is 644. The van der Waals surface area contributed by atoms with Crippen LogP contribution in [0.25, 0.3) is 10.1 Å². The predicted octanol–water partition coefficient (Wildman–Crippen LogP) is 5.66. The molecular weight excluding hydrogens is 359 g/mol. The minimum atomic E-state index is 1.30. The third-order valence-electron chi connectivity index (χ3n) is 2.47. The molecule has 84 valence electrons. The van der Waals surface area contributed by atoms with Crippen LogP contribution >= 0.6 is 45.7 Å². The van der Waals surface area contributed by atoms with E-state index in [1.54, 1.807) is 0 Å². The van der Waals surface area contributed by atoms with Gasteiger partial charge in [0.2, 0.25) is 0 Å². The van der Waals surface area contributed by atoms with E-state index >= 15 is 0 Å². The van der Waals surface area contributed by atoms with Crippen molar-refractivity contribution in [3.63, 3.8) is 0 Å². The Morgan fingerprint density at radius 3 is 2.41 bits per heavy atom. The third-order valence-corrected chi connectivity index (χ3v) is 6.26. The Morgan fingerprint density at radius 1 is 0.882 bits per heavy atom. The molecule has 0 N–H and O–H groups in total. The van der Waals surface area contributed by atoms with Gasteiger partial charge in [-0.2, -0.15) is 0 Å². The highest BCUT2D eigenvalue weighted by molar-refractivity contribution is 14.1. The maximum absolute atomic E-state index is 2.44. The van der Waals surface area contributed by atoms with Crippen LogP contribution in [0.3, 0.4) is 0 Å². The molecule has 0 bridgehead atoms. The van der Waals surface area contributed by atoms with Gasteiger partial charge in [-0.1, -0.05) is 48.2 Å². The second-order valence-electron chi connectivity index (χ2n) is 3.62. The van der Waals surface area contributed by atoms with Gasteiger partial charge < -0.3 is 0 Å². The highest BCUT2D eigenvalue weighted by Crippen LogP contribution is 2.41. The van der Waals surface area contributed by atoms with Gasteiger partial charge in [-0.15, -0.1) is 11.3 Å². The van der Waals surface area contributed by atoms with Crippen molar-refractivity contribution < 1.29 is 0 Å². The van der Waals surface area contributed by atoms with Crippen LogP contribution in [-0.2, 0) is 0 Å². The fraction of sp³-hybridized carbons (Fsp3) is 0. The van der Waals surface area contributed by atoms with Crippen molar-refractivity contribution in [1.29, 1.82) is 0 Å². The first-order chi connectivity index (χ1) is 8.34. The summed E-state index contributed by atoms with van der Waals surface area (Å²) in [5.41, 5.74) is 0. The summed E-state index contributed by atoms with van der Waals surface area (Å²) in [5, 5.41) is 1.37. The largest absolute Gasteiger partial charge is 0.128 e. The van der Waals surface area contributed by atoms with Gasteiger partial charge in [0.05, 0.1) is 2.88 Å². The van der Waals surface area contributed by atoms with Gasteiger partial charge in [-0.25, -0.2) is 0 Å². The second-order valence-corrected chi connectivity index (χ2v) is 7.56. The smallest absolute Gasteiger partial charge is 0.0805 e. The molecule has 0 atom stereocenters. The van der Waals surface area contributed by atoms with Gasteiger partial charge in [0, 0.05) is 19.9 Å². The third kappa shape index (κ3) is 2.37. The molecule has 2 aromatic carbocycles. The van der Waals surface area contributed by atoms with Crippen LogP contribution in [0.1, 0.15) is 0 Å². The summed E-state index contributed by atoms with van der Waals surface area (Å²) in [6.45, 7) is 0.